The number of aliphatic carboxylic acids is 1. The maximum atomic E-state index is 12.4. The quantitative estimate of drug-likeness (QED) is 0.617. The van der Waals surface area contributed by atoms with E-state index in [1.54, 1.807) is 0 Å². The summed E-state index contributed by atoms with van der Waals surface area (Å²) in [5.74, 6) is -0.808. The van der Waals surface area contributed by atoms with Crippen LogP contribution in [0.2, 0.25) is 0 Å². The SMILES string of the molecule is CC1(C)[C@H]2CC[C@@]1(CS(=O)(=O)NCCCCCC(=O)[O-])C(=O)C2. The normalized spacial score (nSPS) is 29.1. The van der Waals surface area contributed by atoms with Crippen LogP contribution in [0.4, 0.5) is 0 Å². The Hall–Kier alpha value is -0.950. The van der Waals surface area contributed by atoms with Crippen molar-refractivity contribution in [1.82, 2.24) is 4.72 Å². The number of nitrogens with one attached hydrogen (secondary N) is 1. The van der Waals surface area contributed by atoms with Crippen molar-refractivity contribution in [3.63, 3.8) is 0 Å². The summed E-state index contributed by atoms with van der Waals surface area (Å²) in [6.07, 6.45) is 3.80. The minimum Gasteiger partial charge on any atom is -0.550 e. The number of carbonyl (C=O) groups is 2. The van der Waals surface area contributed by atoms with Gasteiger partial charge in [0.05, 0.1) is 5.75 Å². The molecule has 2 fully saturated rings. The lowest BCUT2D eigenvalue weighted by atomic mass is 9.70. The van der Waals surface area contributed by atoms with Gasteiger partial charge in [-0.1, -0.05) is 20.3 Å². The van der Waals surface area contributed by atoms with E-state index in [-0.39, 0.29) is 29.9 Å². The Morgan fingerprint density at radius 2 is 2.00 bits per heavy atom. The highest BCUT2D eigenvalue weighted by atomic mass is 32.2. The molecule has 0 aliphatic heterocycles. The molecule has 0 radical (unpaired) electrons. The number of hydrogen-bond donors (Lipinski definition) is 1. The minimum atomic E-state index is -3.52. The van der Waals surface area contributed by atoms with Gasteiger partial charge in [0, 0.05) is 24.3 Å². The van der Waals surface area contributed by atoms with E-state index in [2.05, 4.69) is 4.72 Å². The van der Waals surface area contributed by atoms with Gasteiger partial charge in [-0.05, 0) is 43.4 Å². The first-order valence-corrected chi connectivity index (χ1v) is 9.96. The second kappa shape index (κ2) is 6.51. The first kappa shape index (κ1) is 18.4. The average Bonchev–Trinajstić information content (AvgIpc) is 2.76. The molecule has 2 saturated carbocycles. The number of fused-ring (bicyclic) bond motifs is 2. The highest BCUT2D eigenvalue weighted by molar-refractivity contribution is 7.89. The monoisotopic (exact) mass is 344 g/mol. The van der Waals surface area contributed by atoms with Crippen LogP contribution in [0.1, 0.15) is 58.8 Å². The summed E-state index contributed by atoms with van der Waals surface area (Å²) in [7, 11) is -3.52. The smallest absolute Gasteiger partial charge is 0.212 e. The highest BCUT2D eigenvalue weighted by Crippen LogP contribution is 2.64. The third-order valence-electron chi connectivity index (χ3n) is 5.96. The second-order valence-electron chi connectivity index (χ2n) is 7.50. The van der Waals surface area contributed by atoms with Gasteiger partial charge >= 0.3 is 0 Å². The first-order chi connectivity index (χ1) is 10.6. The minimum absolute atomic E-state index is 0.0000587. The van der Waals surface area contributed by atoms with E-state index in [0.717, 1.165) is 6.42 Å². The van der Waals surface area contributed by atoms with Gasteiger partial charge in [0.2, 0.25) is 10.0 Å². The summed E-state index contributed by atoms with van der Waals surface area (Å²) >= 11 is 0. The molecular weight excluding hydrogens is 318 g/mol. The van der Waals surface area contributed by atoms with Crippen LogP contribution in [0.5, 0.6) is 0 Å². The summed E-state index contributed by atoms with van der Waals surface area (Å²) in [5, 5.41) is 10.3. The fourth-order valence-corrected chi connectivity index (χ4v) is 6.17. The highest BCUT2D eigenvalue weighted by Gasteiger charge is 2.65. The molecule has 2 atom stereocenters. The van der Waals surface area contributed by atoms with Crippen LogP contribution in [0.3, 0.4) is 0 Å². The predicted octanol–water partition coefficient (Wildman–Crippen LogP) is 0.612. The molecule has 0 saturated heterocycles. The van der Waals surface area contributed by atoms with Crippen LogP contribution in [0.15, 0.2) is 0 Å². The number of Topliss-reactive ketones (excluding diaryl/α,β-unsaturated/α-hetero) is 1. The summed E-state index contributed by atoms with van der Waals surface area (Å²) in [4.78, 5) is 22.7. The number of carboxylic acids is 1. The number of carboxylic acid groups (broad SMARTS) is 1. The van der Waals surface area contributed by atoms with Crippen molar-refractivity contribution in [2.45, 2.75) is 58.8 Å². The van der Waals surface area contributed by atoms with Crippen molar-refractivity contribution < 1.29 is 23.1 Å². The molecule has 0 aromatic heterocycles. The number of sulfonamides is 1. The lowest BCUT2D eigenvalue weighted by molar-refractivity contribution is -0.305. The maximum Gasteiger partial charge on any atom is 0.212 e. The predicted molar refractivity (Wildman–Crippen MR) is 83.8 cm³/mol. The van der Waals surface area contributed by atoms with Gasteiger partial charge in [0.15, 0.2) is 0 Å². The zero-order valence-corrected chi connectivity index (χ0v) is 14.7. The molecule has 0 aromatic rings. The lowest BCUT2D eigenvalue weighted by Gasteiger charge is -2.36. The van der Waals surface area contributed by atoms with E-state index in [4.69, 9.17) is 0 Å². The van der Waals surface area contributed by atoms with E-state index in [0.29, 0.717) is 38.0 Å². The molecule has 0 unspecified atom stereocenters. The second-order valence-corrected chi connectivity index (χ2v) is 9.31. The molecule has 2 bridgehead atoms. The Balaban J connectivity index is 1.86. The van der Waals surface area contributed by atoms with E-state index in [1.807, 2.05) is 13.8 Å². The summed E-state index contributed by atoms with van der Waals surface area (Å²) in [6, 6.07) is 0. The Morgan fingerprint density at radius 3 is 2.52 bits per heavy atom. The number of unbranched alkanes of at least 4 members (excludes halogenated alkanes) is 2. The van der Waals surface area contributed by atoms with Crippen LogP contribution in [-0.4, -0.2) is 32.5 Å². The van der Waals surface area contributed by atoms with Crippen molar-refractivity contribution in [3.05, 3.63) is 0 Å². The Kier molecular flexibility index (Phi) is 5.21. The molecule has 2 aliphatic rings. The Bertz CT molecular complexity index is 583. The van der Waals surface area contributed by atoms with Gasteiger partial charge in [-0.3, -0.25) is 4.79 Å². The Morgan fingerprint density at radius 1 is 1.30 bits per heavy atom. The van der Waals surface area contributed by atoms with Crippen molar-refractivity contribution in [1.29, 1.82) is 0 Å². The Labute approximate surface area is 138 Å². The van der Waals surface area contributed by atoms with Crippen molar-refractivity contribution >= 4 is 21.8 Å². The summed E-state index contributed by atoms with van der Waals surface area (Å²) in [6.45, 7) is 4.32. The fourth-order valence-electron chi connectivity index (χ4n) is 4.28. The van der Waals surface area contributed by atoms with Gasteiger partial charge < -0.3 is 9.90 Å². The molecule has 0 heterocycles. The van der Waals surface area contributed by atoms with Crippen LogP contribution >= 0.6 is 0 Å². The van der Waals surface area contributed by atoms with Crippen molar-refractivity contribution in [2.75, 3.05) is 12.3 Å². The fraction of sp³-hybridized carbons (Fsp3) is 0.875. The number of ketones is 1. The van der Waals surface area contributed by atoms with Gasteiger partial charge in [-0.2, -0.15) is 0 Å². The van der Waals surface area contributed by atoms with E-state index in [9.17, 15) is 23.1 Å². The molecule has 1 N–H and O–H groups in total. The molecule has 7 heteroatoms. The van der Waals surface area contributed by atoms with E-state index < -0.39 is 21.4 Å². The maximum absolute atomic E-state index is 12.4. The van der Waals surface area contributed by atoms with Gasteiger partial charge in [0.1, 0.15) is 5.78 Å². The summed E-state index contributed by atoms with van der Waals surface area (Å²) in [5.41, 5.74) is -0.994. The standard InChI is InChI=1S/C16H27NO5S/c1-15(2)12-7-8-16(15,13(18)10-12)11-23(21,22)17-9-5-3-4-6-14(19)20/h12,17H,3-11H2,1-2H3,(H,19,20)/p-1/t12-,16+/m0/s1. The molecule has 0 spiro atoms. The van der Waals surface area contributed by atoms with Crippen molar-refractivity contribution in [3.8, 4) is 0 Å². The molecule has 0 amide bonds. The van der Waals surface area contributed by atoms with Crippen LogP contribution < -0.4 is 9.83 Å². The molecule has 132 valence electrons. The van der Waals surface area contributed by atoms with Gasteiger partial charge in [-0.25, -0.2) is 13.1 Å². The molecule has 2 aliphatic carbocycles. The van der Waals surface area contributed by atoms with Gasteiger partial charge in [0.25, 0.3) is 0 Å². The summed E-state index contributed by atoms with van der Waals surface area (Å²) < 4.78 is 27.3. The third kappa shape index (κ3) is 3.60. The number of rotatable bonds is 9. The van der Waals surface area contributed by atoms with Crippen LogP contribution in [0.25, 0.3) is 0 Å². The van der Waals surface area contributed by atoms with E-state index >= 15 is 0 Å². The molecule has 2 rings (SSSR count). The largest absolute Gasteiger partial charge is 0.550 e. The molecule has 0 aromatic carbocycles. The number of carbonyl (C=O) groups excluding carboxylic acids is 2. The average molecular weight is 344 g/mol. The van der Waals surface area contributed by atoms with E-state index in [1.165, 1.54) is 0 Å². The topological polar surface area (TPSA) is 103 Å². The van der Waals surface area contributed by atoms with Crippen molar-refractivity contribution in [2.24, 2.45) is 16.7 Å². The molecule has 6 nitrogen and oxygen atoms in total. The zero-order chi connectivity index (χ0) is 17.3. The van der Waals surface area contributed by atoms with Crippen LogP contribution in [0, 0.1) is 16.7 Å². The molecule has 23 heavy (non-hydrogen) atoms. The first-order valence-electron chi connectivity index (χ1n) is 8.31. The van der Waals surface area contributed by atoms with Crippen LogP contribution in [-0.2, 0) is 19.6 Å². The zero-order valence-electron chi connectivity index (χ0n) is 13.9. The third-order valence-corrected chi connectivity index (χ3v) is 7.47. The lowest BCUT2D eigenvalue weighted by Crippen LogP contribution is -2.45. The molecular formula is C16H26NO5S-. The number of hydrogen-bond acceptors (Lipinski definition) is 5. The van der Waals surface area contributed by atoms with Gasteiger partial charge in [-0.15, -0.1) is 0 Å².